The van der Waals surface area contributed by atoms with Gasteiger partial charge in [-0.2, -0.15) is 0 Å². The highest BCUT2D eigenvalue weighted by molar-refractivity contribution is 6.32. The van der Waals surface area contributed by atoms with Gasteiger partial charge in [0.15, 0.2) is 0 Å². The Morgan fingerprint density at radius 3 is 2.53 bits per heavy atom. The zero-order valence-electron chi connectivity index (χ0n) is 20.2. The average molecular weight is 547 g/mol. The molecule has 38 heavy (non-hydrogen) atoms. The number of halogens is 2. The second-order valence-corrected chi connectivity index (χ2v) is 9.82. The molecule has 0 bridgehead atoms. The van der Waals surface area contributed by atoms with Crippen molar-refractivity contribution in [3.05, 3.63) is 116 Å². The van der Waals surface area contributed by atoms with Crippen LogP contribution in [0.2, 0.25) is 10.2 Å². The van der Waals surface area contributed by atoms with Gasteiger partial charge in [-0.3, -0.25) is 9.59 Å². The summed E-state index contributed by atoms with van der Waals surface area (Å²) in [6.45, 7) is 0. The summed E-state index contributed by atoms with van der Waals surface area (Å²) in [4.78, 5) is 35.2. The molecule has 0 saturated carbocycles. The van der Waals surface area contributed by atoms with Gasteiger partial charge in [-0.25, -0.2) is 4.98 Å². The summed E-state index contributed by atoms with van der Waals surface area (Å²) in [6.07, 6.45) is 1.35. The van der Waals surface area contributed by atoms with E-state index in [1.807, 2.05) is 48.5 Å². The van der Waals surface area contributed by atoms with Crippen molar-refractivity contribution >= 4 is 40.0 Å². The van der Waals surface area contributed by atoms with Crippen LogP contribution in [0.3, 0.4) is 0 Å². The summed E-state index contributed by atoms with van der Waals surface area (Å²) < 4.78 is 0. The summed E-state index contributed by atoms with van der Waals surface area (Å²) in [5, 5.41) is 14.8. The number of nitrogens with zero attached hydrogens (tertiary/aromatic N) is 1. The molecule has 5 aromatic rings. The van der Waals surface area contributed by atoms with Gasteiger partial charge in [0.1, 0.15) is 22.4 Å². The first-order chi connectivity index (χ1) is 18.4. The van der Waals surface area contributed by atoms with Gasteiger partial charge < -0.3 is 20.4 Å². The van der Waals surface area contributed by atoms with Crippen molar-refractivity contribution in [1.29, 1.82) is 0 Å². The van der Waals surface area contributed by atoms with Gasteiger partial charge in [0.25, 0.3) is 5.56 Å². The summed E-state index contributed by atoms with van der Waals surface area (Å²) in [5.74, 6) is 0.252. The number of carbonyl (C=O) groups excluding carboxylic acids is 1. The lowest BCUT2D eigenvalue weighted by Crippen LogP contribution is -2.31. The van der Waals surface area contributed by atoms with Crippen molar-refractivity contribution in [2.45, 2.75) is 25.3 Å². The minimum atomic E-state index is -0.458. The number of aromatic hydroxyl groups is 1. The maximum absolute atomic E-state index is 13.0. The summed E-state index contributed by atoms with van der Waals surface area (Å²) in [6, 6.07) is 23.1. The van der Waals surface area contributed by atoms with Gasteiger partial charge >= 0.3 is 0 Å². The topological polar surface area (TPSA) is 111 Å². The minimum Gasteiger partial charge on any atom is -0.507 e. The second kappa shape index (κ2) is 11.1. The number of benzene rings is 3. The zero-order chi connectivity index (χ0) is 26.6. The number of aromatic nitrogens is 3. The number of pyridine rings is 1. The van der Waals surface area contributed by atoms with E-state index in [1.54, 1.807) is 24.3 Å². The third-order valence-electron chi connectivity index (χ3n) is 6.25. The molecular weight excluding hydrogens is 523 g/mol. The van der Waals surface area contributed by atoms with Crippen molar-refractivity contribution in [3.63, 3.8) is 0 Å². The number of hydrogen-bond acceptors (Lipinski definition) is 4. The fourth-order valence-corrected chi connectivity index (χ4v) is 4.85. The van der Waals surface area contributed by atoms with E-state index in [9.17, 15) is 14.7 Å². The molecule has 7 nitrogen and oxygen atoms in total. The van der Waals surface area contributed by atoms with Crippen LogP contribution in [0.1, 0.15) is 29.4 Å². The average Bonchev–Trinajstić information content (AvgIpc) is 3.29. The van der Waals surface area contributed by atoms with E-state index in [1.165, 1.54) is 0 Å². The Labute approximate surface area is 228 Å². The molecule has 0 aliphatic rings. The molecule has 0 aliphatic heterocycles. The largest absolute Gasteiger partial charge is 0.507 e. The molecule has 0 fully saturated rings. The van der Waals surface area contributed by atoms with E-state index in [0.717, 1.165) is 17.2 Å². The number of rotatable bonds is 8. The van der Waals surface area contributed by atoms with E-state index in [4.69, 9.17) is 28.2 Å². The number of fused-ring (bicyclic) bond motifs is 1. The third-order valence-corrected chi connectivity index (χ3v) is 6.76. The molecule has 192 valence electrons. The van der Waals surface area contributed by atoms with Crippen LogP contribution in [0.4, 0.5) is 0 Å². The van der Waals surface area contributed by atoms with Crippen molar-refractivity contribution in [1.82, 2.24) is 20.3 Å². The number of H-pyrrole nitrogens is 2. The van der Waals surface area contributed by atoms with Gasteiger partial charge in [-0.15, -0.1) is 0 Å². The number of amides is 1. The van der Waals surface area contributed by atoms with E-state index in [2.05, 4.69) is 15.3 Å². The van der Waals surface area contributed by atoms with Crippen molar-refractivity contribution < 1.29 is 9.90 Å². The van der Waals surface area contributed by atoms with Gasteiger partial charge in [0.2, 0.25) is 5.91 Å². The first kappa shape index (κ1) is 25.6. The molecule has 1 amide bonds. The highest BCUT2D eigenvalue weighted by Crippen LogP contribution is 2.32. The Morgan fingerprint density at radius 1 is 0.947 bits per heavy atom. The quantitative estimate of drug-likeness (QED) is 0.192. The molecule has 0 aliphatic carbocycles. The standard InChI is InChI=1S/C29H24Cl2N4O3/c30-20-8-4-7-18(13-20)9-12-25(37)33-23(14-17-5-2-1-3-6-17)29-34-27(28(31)35-29)19-10-11-22-21(15-19)24(36)16-26(38)32-22/h1-8,10-11,13,15-16,23H,9,12,14H2,(H,33,37)(H,34,35)(H2,32,36,38)/t23-/m0/s1. The summed E-state index contributed by atoms with van der Waals surface area (Å²) >= 11 is 12.6. The molecule has 0 unspecified atom stereocenters. The maximum Gasteiger partial charge on any atom is 0.252 e. The van der Waals surface area contributed by atoms with Gasteiger partial charge in [-0.05, 0) is 48.2 Å². The van der Waals surface area contributed by atoms with E-state index in [-0.39, 0.29) is 18.1 Å². The Balaban J connectivity index is 1.42. The molecule has 0 radical (unpaired) electrons. The number of nitrogens with one attached hydrogen (secondary N) is 3. The number of hydrogen-bond donors (Lipinski definition) is 4. The number of aromatic amines is 2. The molecular formula is C29H24Cl2N4O3. The van der Waals surface area contributed by atoms with Crippen LogP contribution in [-0.2, 0) is 17.6 Å². The number of imidazole rings is 1. The van der Waals surface area contributed by atoms with Crippen LogP contribution in [0, 0.1) is 0 Å². The summed E-state index contributed by atoms with van der Waals surface area (Å²) in [5.41, 5.74) is 3.24. The SMILES string of the molecule is O=C(CCc1cccc(Cl)c1)N[C@@H](Cc1ccccc1)c1nc(-c2ccc3[nH]c(=O)cc(O)c3c2)c(Cl)[nH]1. The van der Waals surface area contributed by atoms with Crippen LogP contribution < -0.4 is 10.9 Å². The molecule has 0 saturated heterocycles. The van der Waals surface area contributed by atoms with Crippen molar-refractivity contribution in [2.75, 3.05) is 0 Å². The van der Waals surface area contributed by atoms with Crippen LogP contribution in [0.25, 0.3) is 22.2 Å². The fourth-order valence-electron chi connectivity index (χ4n) is 4.39. The van der Waals surface area contributed by atoms with Gasteiger partial charge in [0, 0.05) is 28.5 Å². The molecule has 4 N–H and O–H groups in total. The Morgan fingerprint density at radius 2 is 1.74 bits per heavy atom. The molecule has 2 heterocycles. The first-order valence-electron chi connectivity index (χ1n) is 12.1. The minimum absolute atomic E-state index is 0.125. The maximum atomic E-state index is 13.0. The Bertz CT molecular complexity index is 1660. The zero-order valence-corrected chi connectivity index (χ0v) is 21.7. The normalized spacial score (nSPS) is 11.9. The molecule has 9 heteroatoms. The van der Waals surface area contributed by atoms with Crippen LogP contribution in [0.5, 0.6) is 5.75 Å². The van der Waals surface area contributed by atoms with Crippen LogP contribution in [0.15, 0.2) is 83.7 Å². The van der Waals surface area contributed by atoms with E-state index < -0.39 is 11.6 Å². The number of aryl methyl sites for hydroxylation is 1. The van der Waals surface area contributed by atoms with Crippen LogP contribution >= 0.6 is 23.2 Å². The molecule has 3 aromatic carbocycles. The Kier molecular flexibility index (Phi) is 7.49. The molecule has 1 atom stereocenters. The fraction of sp³-hybridized carbons (Fsp3) is 0.138. The van der Waals surface area contributed by atoms with Gasteiger partial charge in [0.05, 0.1) is 11.6 Å². The number of carbonyl (C=O) groups is 1. The highest BCUT2D eigenvalue weighted by Gasteiger charge is 2.22. The molecule has 5 rings (SSSR count). The molecule has 0 spiro atoms. The molecule has 2 aromatic heterocycles. The van der Waals surface area contributed by atoms with Gasteiger partial charge in [-0.1, -0.05) is 71.7 Å². The second-order valence-electron chi connectivity index (χ2n) is 9.00. The van der Waals surface area contributed by atoms with E-state index in [0.29, 0.717) is 51.0 Å². The highest BCUT2D eigenvalue weighted by atomic mass is 35.5. The summed E-state index contributed by atoms with van der Waals surface area (Å²) in [7, 11) is 0. The lowest BCUT2D eigenvalue weighted by Gasteiger charge is -2.17. The predicted octanol–water partition coefficient (Wildman–Crippen LogP) is 5.96. The van der Waals surface area contributed by atoms with Crippen molar-refractivity contribution in [2.24, 2.45) is 0 Å². The first-order valence-corrected chi connectivity index (χ1v) is 12.8. The monoisotopic (exact) mass is 546 g/mol. The van der Waals surface area contributed by atoms with Crippen molar-refractivity contribution in [3.8, 4) is 17.0 Å². The Hall–Kier alpha value is -4.07. The smallest absolute Gasteiger partial charge is 0.252 e. The third kappa shape index (κ3) is 5.90. The lowest BCUT2D eigenvalue weighted by molar-refractivity contribution is -0.121. The predicted molar refractivity (Wildman–Crippen MR) is 150 cm³/mol. The lowest BCUT2D eigenvalue weighted by atomic mass is 10.0. The van der Waals surface area contributed by atoms with Crippen LogP contribution in [-0.4, -0.2) is 26.0 Å². The van der Waals surface area contributed by atoms with E-state index >= 15 is 0 Å².